The molecule has 2 rings (SSSR count). The summed E-state index contributed by atoms with van der Waals surface area (Å²) >= 11 is -3.86. The van der Waals surface area contributed by atoms with Gasteiger partial charge in [-0.2, -0.15) is 0 Å². The van der Waals surface area contributed by atoms with Gasteiger partial charge in [0.2, 0.25) is 0 Å². The van der Waals surface area contributed by atoms with Gasteiger partial charge in [-0.25, -0.2) is 9.98 Å². The maximum absolute atomic E-state index is 11.6. The van der Waals surface area contributed by atoms with Gasteiger partial charge in [0.15, 0.2) is 11.8 Å². The molecule has 38 heavy (non-hydrogen) atoms. The van der Waals surface area contributed by atoms with E-state index in [0.29, 0.717) is 13.2 Å². The summed E-state index contributed by atoms with van der Waals surface area (Å²) in [5, 5.41) is 0. The molecule has 19 heteroatoms. The maximum atomic E-state index is 11.6. The third-order valence-corrected chi connectivity index (χ3v) is 11.9. The molecule has 0 aromatic heterocycles. The summed E-state index contributed by atoms with van der Waals surface area (Å²) in [5.41, 5.74) is -11.9. The van der Waals surface area contributed by atoms with Crippen LogP contribution in [0.1, 0.15) is 55.4 Å². The average molecular weight is 711 g/mol. The van der Waals surface area contributed by atoms with Gasteiger partial charge in [0.1, 0.15) is 18.6 Å². The van der Waals surface area contributed by atoms with Crippen molar-refractivity contribution in [3.05, 3.63) is 0 Å². The predicted molar refractivity (Wildman–Crippen MR) is 125 cm³/mol. The Kier molecular flexibility index (Phi) is 10.7. The van der Waals surface area contributed by atoms with Crippen molar-refractivity contribution in [1.29, 1.82) is 0 Å². The fourth-order valence-corrected chi connectivity index (χ4v) is 6.95. The van der Waals surface area contributed by atoms with E-state index in [1.165, 1.54) is 0 Å². The van der Waals surface area contributed by atoms with Crippen LogP contribution in [0.25, 0.3) is 0 Å². The Balaban J connectivity index is 0.000000391. The van der Waals surface area contributed by atoms with E-state index >= 15 is 0 Å². The second kappa shape index (κ2) is 11.6. The number of rotatable bonds is 6. The van der Waals surface area contributed by atoms with Crippen LogP contribution in [-0.4, -0.2) is 86.9 Å². The standard InChI is InChI=1S/C17H30N2O2.2CHF3O3S.Sn/c1-15(2,3)11-9-20-13(18-11)17(7,8)14-19-12(10-21-14)16(4,5)6;2*2-1(3,4)8(5,6)7;/h11-12H,9-10H2,1-8H3;2*(H,5,6,7);/q;;;+2/p-2/t11-,12-;;;/m1.../s1. The van der Waals surface area contributed by atoms with E-state index in [0.717, 1.165) is 11.8 Å². The molecule has 0 spiro atoms. The van der Waals surface area contributed by atoms with E-state index in [-0.39, 0.29) is 28.3 Å². The van der Waals surface area contributed by atoms with Gasteiger partial charge >= 0.3 is 101 Å². The van der Waals surface area contributed by atoms with Gasteiger partial charge in [-0.1, -0.05) is 41.5 Å². The Morgan fingerprint density at radius 2 is 0.974 bits per heavy atom. The molecule has 0 amide bonds. The van der Waals surface area contributed by atoms with Crippen molar-refractivity contribution in [2.24, 2.45) is 26.2 Å². The number of hydrogen-bond donors (Lipinski definition) is 0. The summed E-state index contributed by atoms with van der Waals surface area (Å²) in [6.45, 7) is 18.6. The Hall–Kier alpha value is -0.861. The summed E-state index contributed by atoms with van der Waals surface area (Å²) in [4.78, 5) is 9.59. The predicted octanol–water partition coefficient (Wildman–Crippen LogP) is 3.95. The molecule has 0 bridgehead atoms. The van der Waals surface area contributed by atoms with Gasteiger partial charge < -0.3 is 9.47 Å². The first-order valence-electron chi connectivity index (χ1n) is 10.8. The van der Waals surface area contributed by atoms with E-state index in [1.807, 2.05) is 0 Å². The molecule has 2 atom stereocenters. The number of ether oxygens (including phenoxy) is 2. The minimum atomic E-state index is -6.15. The van der Waals surface area contributed by atoms with Crippen LogP contribution >= 0.6 is 0 Å². The topological polar surface area (TPSA) is 130 Å². The zero-order chi connectivity index (χ0) is 30.2. The molecule has 2 heterocycles. The molecule has 0 fully saturated rings. The van der Waals surface area contributed by atoms with Crippen molar-refractivity contribution >= 4 is 54.0 Å². The molecule has 0 N–H and O–H groups in total. The van der Waals surface area contributed by atoms with Crippen LogP contribution in [0.5, 0.6) is 0 Å². The Morgan fingerprint density at radius 1 is 0.684 bits per heavy atom. The molecule has 2 aliphatic heterocycles. The Bertz CT molecular complexity index is 1040. The quantitative estimate of drug-likeness (QED) is 0.230. The van der Waals surface area contributed by atoms with E-state index in [1.54, 1.807) is 0 Å². The van der Waals surface area contributed by atoms with Crippen LogP contribution in [0.15, 0.2) is 9.98 Å². The van der Waals surface area contributed by atoms with Gasteiger partial charge in [0, 0.05) is 0 Å². The van der Waals surface area contributed by atoms with Crippen molar-refractivity contribution in [3.63, 3.8) is 0 Å². The second-order valence-electron chi connectivity index (χ2n) is 10.9. The zero-order valence-corrected chi connectivity index (χ0v) is 26.3. The molecule has 0 saturated carbocycles. The average Bonchev–Trinajstić information content (AvgIpc) is 3.36. The molecular formula is C19H30F6N2O8S2Sn. The molecule has 0 aliphatic carbocycles. The molecule has 0 unspecified atom stereocenters. The van der Waals surface area contributed by atoms with Crippen molar-refractivity contribution in [1.82, 2.24) is 0 Å². The Morgan fingerprint density at radius 3 is 1.18 bits per heavy atom. The third kappa shape index (κ3) is 9.09. The fraction of sp³-hybridized carbons (Fsp3) is 0.895. The number of halogens is 6. The second-order valence-corrected chi connectivity index (χ2v) is 17.3. The summed E-state index contributed by atoms with van der Waals surface area (Å²) in [6, 6.07) is 0.402. The number of alkyl halides is 6. The van der Waals surface area contributed by atoms with E-state index < -0.39 is 53.2 Å². The monoisotopic (exact) mass is 712 g/mol. The molecular weight excluding hydrogens is 681 g/mol. The molecule has 222 valence electrons. The van der Waals surface area contributed by atoms with E-state index in [2.05, 4.69) is 60.4 Å². The van der Waals surface area contributed by atoms with Crippen LogP contribution in [0.3, 0.4) is 0 Å². The molecule has 0 aromatic carbocycles. The van der Waals surface area contributed by atoms with Gasteiger partial charge in [0.25, 0.3) is 0 Å². The molecule has 2 aliphatic rings. The summed E-state index contributed by atoms with van der Waals surface area (Å²) in [6.07, 6.45) is 0. The van der Waals surface area contributed by atoms with Crippen LogP contribution in [0, 0.1) is 16.2 Å². The van der Waals surface area contributed by atoms with Gasteiger partial charge in [-0.15, -0.1) is 0 Å². The summed E-state index contributed by atoms with van der Waals surface area (Å²) in [7, 11) is -12.3. The molecule has 0 aromatic rings. The van der Waals surface area contributed by atoms with Gasteiger partial charge in [-0.3, -0.25) is 0 Å². The number of hydrogen-bond acceptors (Lipinski definition) is 10. The number of aliphatic imine (C=N–C) groups is 2. The van der Waals surface area contributed by atoms with Crippen LogP contribution < -0.4 is 0 Å². The van der Waals surface area contributed by atoms with Crippen molar-refractivity contribution in [2.45, 2.75) is 78.5 Å². The first-order chi connectivity index (χ1) is 16.6. The van der Waals surface area contributed by atoms with E-state index in [4.69, 9.17) is 19.5 Å². The van der Waals surface area contributed by atoms with Crippen LogP contribution in [0.2, 0.25) is 0 Å². The van der Waals surface area contributed by atoms with E-state index in [9.17, 15) is 43.2 Å². The van der Waals surface area contributed by atoms with Gasteiger partial charge in [-0.05, 0) is 24.7 Å². The summed E-state index contributed by atoms with van der Waals surface area (Å²) in [5.74, 6) is 1.52. The molecule has 2 radical (unpaired) electrons. The van der Waals surface area contributed by atoms with Crippen LogP contribution in [0.4, 0.5) is 26.3 Å². The van der Waals surface area contributed by atoms with Gasteiger partial charge in [0.05, 0.1) is 12.1 Å². The molecule has 10 nitrogen and oxygen atoms in total. The van der Waals surface area contributed by atoms with Crippen molar-refractivity contribution < 1.29 is 57.7 Å². The van der Waals surface area contributed by atoms with Crippen molar-refractivity contribution in [3.8, 4) is 0 Å². The molecule has 0 saturated heterocycles. The minimum absolute atomic E-state index is 0.115. The first-order valence-corrected chi connectivity index (χ1v) is 15.9. The van der Waals surface area contributed by atoms with Crippen LogP contribution in [-0.2, 0) is 34.8 Å². The summed E-state index contributed by atoms with van der Waals surface area (Å²) < 4.78 is 128. The SMILES string of the molecule is CC(C)(C1=N[C@@H](C(C)(C)C)CO1)C1=N[C@@H](C(C)(C)C)CO1.O=S(=O)([O][Sn][O]S(=O)(=O)C(F)(F)F)C(F)(F)F. The Labute approximate surface area is 229 Å². The first kappa shape index (κ1) is 35.2. The zero-order valence-electron chi connectivity index (χ0n) is 21.8. The van der Waals surface area contributed by atoms with Crippen molar-refractivity contribution in [2.75, 3.05) is 13.2 Å². The fourth-order valence-electron chi connectivity index (χ4n) is 2.61. The third-order valence-electron chi connectivity index (χ3n) is 5.23. The normalized spacial score (nSPS) is 21.6. The number of nitrogens with zero attached hydrogens (tertiary/aromatic N) is 2.